The van der Waals surface area contributed by atoms with Crippen LogP contribution in [0.2, 0.25) is 0 Å². The first-order valence-electron chi connectivity index (χ1n) is 9.15. The fourth-order valence-electron chi connectivity index (χ4n) is 3.82. The zero-order valence-corrected chi connectivity index (χ0v) is 17.2. The highest BCUT2D eigenvalue weighted by molar-refractivity contribution is 7.89. The van der Waals surface area contributed by atoms with Gasteiger partial charge in [0.05, 0.1) is 7.11 Å². The van der Waals surface area contributed by atoms with Crippen LogP contribution in [0.25, 0.3) is 0 Å². The standard InChI is InChI=1S/C17H31N3O5S/c1-12(2)15(17(22)25-5)19(4)16(21)13-6-10-20(11-7-13)26(23,24)14-8-9-18(14)3/h12-15H,6-11H2,1-5H3/t14-,15?/m1/s1. The first-order valence-corrected chi connectivity index (χ1v) is 10.6. The number of sulfonamides is 1. The third-order valence-electron chi connectivity index (χ3n) is 5.57. The SMILES string of the molecule is COC(=O)C(C(C)C)N(C)C(=O)C1CCN(S(=O)(=O)[C@@H]2CCN2C)CC1. The Bertz CT molecular complexity index is 628. The van der Waals surface area contributed by atoms with Gasteiger partial charge in [-0.1, -0.05) is 13.8 Å². The van der Waals surface area contributed by atoms with Crippen LogP contribution in [-0.2, 0) is 24.3 Å². The van der Waals surface area contributed by atoms with Gasteiger partial charge in [0.15, 0.2) is 0 Å². The lowest BCUT2D eigenvalue weighted by atomic mass is 9.94. The fourth-order valence-corrected chi connectivity index (χ4v) is 5.85. The summed E-state index contributed by atoms with van der Waals surface area (Å²) in [5, 5.41) is -0.429. The fraction of sp³-hybridized carbons (Fsp3) is 0.882. The van der Waals surface area contributed by atoms with Gasteiger partial charge in [-0.05, 0) is 32.2 Å². The van der Waals surface area contributed by atoms with Crippen molar-refractivity contribution in [2.24, 2.45) is 11.8 Å². The maximum Gasteiger partial charge on any atom is 0.328 e. The lowest BCUT2D eigenvalue weighted by molar-refractivity contribution is -0.155. The van der Waals surface area contributed by atoms with E-state index in [1.807, 2.05) is 25.8 Å². The Morgan fingerprint density at radius 2 is 1.69 bits per heavy atom. The van der Waals surface area contributed by atoms with Crippen molar-refractivity contribution in [2.45, 2.75) is 44.5 Å². The molecule has 9 heteroatoms. The molecule has 0 aromatic heterocycles. The molecule has 2 aliphatic heterocycles. The summed E-state index contributed by atoms with van der Waals surface area (Å²) in [7, 11) is 1.42. The Morgan fingerprint density at radius 1 is 1.12 bits per heavy atom. The Labute approximate surface area is 156 Å². The minimum absolute atomic E-state index is 0.0639. The molecule has 8 nitrogen and oxygen atoms in total. The molecule has 0 saturated carbocycles. The Morgan fingerprint density at radius 3 is 2.08 bits per heavy atom. The molecule has 0 aromatic carbocycles. The van der Waals surface area contributed by atoms with Gasteiger partial charge < -0.3 is 9.64 Å². The molecular formula is C17H31N3O5S. The molecule has 0 spiro atoms. The Balaban J connectivity index is 1.98. The number of piperidine rings is 1. The molecule has 0 bridgehead atoms. The molecule has 2 heterocycles. The van der Waals surface area contributed by atoms with Crippen LogP contribution in [0.15, 0.2) is 0 Å². The minimum atomic E-state index is -3.33. The number of methoxy groups -OCH3 is 1. The minimum Gasteiger partial charge on any atom is -0.467 e. The highest BCUT2D eigenvalue weighted by Crippen LogP contribution is 2.29. The van der Waals surface area contributed by atoms with E-state index < -0.39 is 27.4 Å². The van der Waals surface area contributed by atoms with Gasteiger partial charge >= 0.3 is 5.97 Å². The number of ether oxygens (including phenoxy) is 1. The largest absolute Gasteiger partial charge is 0.467 e. The van der Waals surface area contributed by atoms with E-state index in [0.717, 1.165) is 6.54 Å². The second kappa shape index (κ2) is 8.22. The van der Waals surface area contributed by atoms with Gasteiger partial charge in [0.1, 0.15) is 11.4 Å². The summed E-state index contributed by atoms with van der Waals surface area (Å²) in [4.78, 5) is 28.1. The van der Waals surface area contributed by atoms with Crippen molar-refractivity contribution < 1.29 is 22.7 Å². The second-order valence-electron chi connectivity index (χ2n) is 7.60. The number of carbonyl (C=O) groups is 2. The number of likely N-dealkylation sites (tertiary alicyclic amines) is 1. The predicted molar refractivity (Wildman–Crippen MR) is 97.7 cm³/mol. The van der Waals surface area contributed by atoms with Crippen LogP contribution >= 0.6 is 0 Å². The lowest BCUT2D eigenvalue weighted by Gasteiger charge is -2.42. The number of likely N-dealkylation sites (N-methyl/N-ethyl adjacent to an activating group) is 1. The van der Waals surface area contributed by atoms with E-state index in [-0.39, 0.29) is 17.7 Å². The van der Waals surface area contributed by atoms with E-state index in [2.05, 4.69) is 0 Å². The zero-order valence-electron chi connectivity index (χ0n) is 16.3. The van der Waals surface area contributed by atoms with Gasteiger partial charge in [-0.3, -0.25) is 9.69 Å². The smallest absolute Gasteiger partial charge is 0.328 e. The van der Waals surface area contributed by atoms with Gasteiger partial charge in [0.25, 0.3) is 0 Å². The maximum absolute atomic E-state index is 12.8. The number of hydrogen-bond acceptors (Lipinski definition) is 6. The van der Waals surface area contributed by atoms with Crippen LogP contribution in [0.5, 0.6) is 0 Å². The predicted octanol–water partition coefficient (Wildman–Crippen LogP) is 0.346. The molecule has 0 aliphatic carbocycles. The van der Waals surface area contributed by atoms with Crippen LogP contribution in [0.4, 0.5) is 0 Å². The van der Waals surface area contributed by atoms with Crippen LogP contribution < -0.4 is 0 Å². The van der Waals surface area contributed by atoms with E-state index in [0.29, 0.717) is 32.4 Å². The normalized spacial score (nSPS) is 24.2. The van der Waals surface area contributed by atoms with E-state index in [9.17, 15) is 18.0 Å². The van der Waals surface area contributed by atoms with Gasteiger partial charge in [-0.25, -0.2) is 17.5 Å². The quantitative estimate of drug-likeness (QED) is 0.609. The summed E-state index contributed by atoms with van der Waals surface area (Å²) in [5.41, 5.74) is 0. The van der Waals surface area contributed by atoms with E-state index in [1.165, 1.54) is 16.3 Å². The number of amides is 1. The van der Waals surface area contributed by atoms with Gasteiger partial charge in [0, 0.05) is 32.6 Å². The first-order chi connectivity index (χ1) is 12.1. The van der Waals surface area contributed by atoms with Crippen molar-refractivity contribution >= 4 is 21.9 Å². The highest BCUT2D eigenvalue weighted by atomic mass is 32.2. The van der Waals surface area contributed by atoms with Crippen molar-refractivity contribution in [1.29, 1.82) is 0 Å². The molecule has 0 N–H and O–H groups in total. The summed E-state index contributed by atoms with van der Waals surface area (Å²) in [6, 6.07) is -0.627. The van der Waals surface area contributed by atoms with Gasteiger partial charge in [0.2, 0.25) is 15.9 Å². The van der Waals surface area contributed by atoms with E-state index in [1.54, 1.807) is 7.05 Å². The molecule has 2 aliphatic rings. The average molecular weight is 390 g/mol. The Kier molecular flexibility index (Phi) is 6.68. The third-order valence-corrected chi connectivity index (χ3v) is 7.93. The van der Waals surface area contributed by atoms with Gasteiger partial charge in [-0.15, -0.1) is 0 Å². The summed E-state index contributed by atoms with van der Waals surface area (Å²) in [6.45, 7) is 5.24. The van der Waals surface area contributed by atoms with Crippen molar-refractivity contribution in [1.82, 2.24) is 14.1 Å². The van der Waals surface area contributed by atoms with Crippen LogP contribution in [-0.4, -0.2) is 86.7 Å². The van der Waals surface area contributed by atoms with Crippen LogP contribution in [0.3, 0.4) is 0 Å². The lowest BCUT2D eigenvalue weighted by Crippen LogP contribution is -2.56. The van der Waals surface area contributed by atoms with Crippen LogP contribution in [0.1, 0.15) is 33.1 Å². The third kappa shape index (κ3) is 4.04. The molecule has 2 saturated heterocycles. The zero-order chi connectivity index (χ0) is 19.6. The molecule has 1 amide bonds. The van der Waals surface area contributed by atoms with E-state index in [4.69, 9.17) is 4.74 Å². The first kappa shape index (κ1) is 21.1. The molecule has 0 aromatic rings. The van der Waals surface area contributed by atoms with Crippen molar-refractivity contribution in [3.05, 3.63) is 0 Å². The summed E-state index contributed by atoms with van der Waals surface area (Å²) in [6.07, 6.45) is 1.62. The summed E-state index contributed by atoms with van der Waals surface area (Å²) in [5.74, 6) is -0.877. The van der Waals surface area contributed by atoms with Crippen LogP contribution in [0, 0.1) is 11.8 Å². The molecule has 1 unspecified atom stereocenters. The second-order valence-corrected chi connectivity index (χ2v) is 9.69. The number of carbonyl (C=O) groups excluding carboxylic acids is 2. The average Bonchev–Trinajstić information content (AvgIpc) is 2.58. The molecule has 2 fully saturated rings. The summed E-state index contributed by atoms with van der Waals surface area (Å²) >= 11 is 0. The monoisotopic (exact) mass is 389 g/mol. The maximum atomic E-state index is 12.8. The number of nitrogens with zero attached hydrogens (tertiary/aromatic N) is 3. The number of rotatable bonds is 6. The highest BCUT2D eigenvalue weighted by Gasteiger charge is 2.43. The molecular weight excluding hydrogens is 358 g/mol. The molecule has 2 rings (SSSR count). The summed E-state index contributed by atoms with van der Waals surface area (Å²) < 4.78 is 31.6. The molecule has 2 atom stereocenters. The van der Waals surface area contributed by atoms with Crippen molar-refractivity contribution in [3.8, 4) is 0 Å². The molecule has 0 radical (unpaired) electrons. The van der Waals surface area contributed by atoms with E-state index >= 15 is 0 Å². The number of esters is 1. The topological polar surface area (TPSA) is 87.2 Å². The number of hydrogen-bond donors (Lipinski definition) is 0. The molecule has 26 heavy (non-hydrogen) atoms. The van der Waals surface area contributed by atoms with Gasteiger partial charge in [-0.2, -0.15) is 0 Å². The molecule has 150 valence electrons. The Hall–Kier alpha value is -1.19. The van der Waals surface area contributed by atoms with Crippen molar-refractivity contribution in [3.63, 3.8) is 0 Å². The van der Waals surface area contributed by atoms with Crippen molar-refractivity contribution in [2.75, 3.05) is 40.8 Å².